The van der Waals surface area contributed by atoms with E-state index >= 15 is 0 Å². The predicted octanol–water partition coefficient (Wildman–Crippen LogP) is 7.29. The molecule has 250 valence electrons. The summed E-state index contributed by atoms with van der Waals surface area (Å²) >= 11 is 0. The van der Waals surface area contributed by atoms with Crippen molar-refractivity contribution < 1.29 is 28.8 Å². The summed E-state index contributed by atoms with van der Waals surface area (Å²) < 4.78 is 33.5. The van der Waals surface area contributed by atoms with Gasteiger partial charge in [-0.1, -0.05) is 158 Å². The van der Waals surface area contributed by atoms with E-state index in [1.54, 1.807) is 0 Å². The average Bonchev–Trinajstić information content (AvgIpc) is 3.17. The summed E-state index contributed by atoms with van der Waals surface area (Å²) in [6, 6.07) is 49.2. The highest BCUT2D eigenvalue weighted by Crippen LogP contribution is 2.40. The van der Waals surface area contributed by atoms with Crippen molar-refractivity contribution in [2.24, 2.45) is 0 Å². The normalized spacial score (nSPS) is 23.5. The second-order valence-electron chi connectivity index (χ2n) is 12.2. The maximum Gasteiger partial charge on any atom is 0.182 e. The summed E-state index contributed by atoms with van der Waals surface area (Å²) in [6.45, 7) is 1.13. The molecule has 0 bridgehead atoms. The number of hydrogen-bond donors (Lipinski definition) is 1. The van der Waals surface area contributed by atoms with Crippen molar-refractivity contribution in [1.29, 1.82) is 0 Å². The van der Waals surface area contributed by atoms with Crippen LogP contribution < -0.4 is 0 Å². The fourth-order valence-electron chi connectivity index (χ4n) is 6.18. The largest absolute Gasteiger partial charge is 0.372 e. The molecule has 1 unspecified atom stereocenters. The Morgan fingerprint density at radius 1 is 0.408 bits per heavy atom. The minimum Gasteiger partial charge on any atom is -0.372 e. The Bertz CT molecular complexity index is 1610. The first kappa shape index (κ1) is 34.3. The SMILES string of the molecule is C#CC1(O)[C@H](OCc2ccccc2)[C@@H](OCc2ccccc2)[C@H](OCc2ccccc2)[C@@H](OCc2ccccc2)[C@@H]1OCc1ccccc1. The maximum atomic E-state index is 12.7. The standard InChI is InChI=1S/C43H42O6/c1-2-43(44)41(48-31-36-24-14-6-15-25-36)39(46-29-34-20-10-4-11-21-34)38(45-28-33-18-8-3-9-19-33)40(47-30-35-22-12-5-13-23-35)42(43)49-32-37-26-16-7-17-27-37/h1,3-27,38-42,44H,28-32H2/t38-,39-,40+,41+,42-,43?. The molecule has 49 heavy (non-hydrogen) atoms. The number of rotatable bonds is 15. The number of terminal acetylenes is 1. The quantitative estimate of drug-likeness (QED) is 0.120. The van der Waals surface area contributed by atoms with E-state index < -0.39 is 36.1 Å². The van der Waals surface area contributed by atoms with Crippen molar-refractivity contribution in [3.63, 3.8) is 0 Å². The molecule has 5 aromatic rings. The number of aliphatic hydroxyl groups is 1. The van der Waals surface area contributed by atoms with Crippen LogP contribution in [0.15, 0.2) is 152 Å². The molecule has 0 spiro atoms. The van der Waals surface area contributed by atoms with E-state index in [0.29, 0.717) is 0 Å². The molecule has 6 nitrogen and oxygen atoms in total. The third kappa shape index (κ3) is 8.91. The third-order valence-corrected chi connectivity index (χ3v) is 8.74. The molecule has 1 aliphatic carbocycles. The van der Waals surface area contributed by atoms with Crippen molar-refractivity contribution >= 4 is 0 Å². The van der Waals surface area contributed by atoms with Crippen LogP contribution in [0.5, 0.6) is 0 Å². The molecule has 0 amide bonds. The Morgan fingerprint density at radius 3 is 0.918 bits per heavy atom. The second kappa shape index (κ2) is 17.2. The molecule has 1 aliphatic rings. The van der Waals surface area contributed by atoms with Gasteiger partial charge in [0.15, 0.2) is 5.60 Å². The van der Waals surface area contributed by atoms with Gasteiger partial charge >= 0.3 is 0 Å². The zero-order valence-electron chi connectivity index (χ0n) is 27.4. The van der Waals surface area contributed by atoms with Gasteiger partial charge in [-0.05, 0) is 27.8 Å². The van der Waals surface area contributed by atoms with Gasteiger partial charge in [0, 0.05) is 0 Å². The number of benzene rings is 5. The Balaban J connectivity index is 1.41. The number of ether oxygens (including phenoxy) is 5. The minimum absolute atomic E-state index is 0.188. The topological polar surface area (TPSA) is 66.4 Å². The van der Waals surface area contributed by atoms with Crippen molar-refractivity contribution in [1.82, 2.24) is 0 Å². The Kier molecular flexibility index (Phi) is 12.0. The van der Waals surface area contributed by atoms with Crippen LogP contribution in [-0.4, -0.2) is 41.2 Å². The lowest BCUT2D eigenvalue weighted by molar-refractivity contribution is -0.301. The summed E-state index contributed by atoms with van der Waals surface area (Å²) in [5.74, 6) is 2.69. The zero-order chi connectivity index (χ0) is 33.7. The highest BCUT2D eigenvalue weighted by Gasteiger charge is 2.62. The van der Waals surface area contributed by atoms with Crippen molar-refractivity contribution in [2.75, 3.05) is 0 Å². The van der Waals surface area contributed by atoms with Gasteiger partial charge in [0.25, 0.3) is 0 Å². The van der Waals surface area contributed by atoms with E-state index in [-0.39, 0.29) is 33.0 Å². The van der Waals surface area contributed by atoms with Gasteiger partial charge in [0.2, 0.25) is 0 Å². The highest BCUT2D eigenvalue weighted by atomic mass is 16.6. The van der Waals surface area contributed by atoms with Gasteiger partial charge in [-0.3, -0.25) is 0 Å². The monoisotopic (exact) mass is 654 g/mol. The van der Waals surface area contributed by atoms with Crippen LogP contribution in [0, 0.1) is 12.3 Å². The zero-order valence-corrected chi connectivity index (χ0v) is 27.4. The summed E-state index contributed by atoms with van der Waals surface area (Å²) in [6.07, 6.45) is 1.78. The summed E-state index contributed by atoms with van der Waals surface area (Å²) in [4.78, 5) is 0. The van der Waals surface area contributed by atoms with Crippen molar-refractivity contribution in [2.45, 2.75) is 69.2 Å². The van der Waals surface area contributed by atoms with E-state index in [1.165, 1.54) is 0 Å². The molecule has 1 fully saturated rings. The van der Waals surface area contributed by atoms with Gasteiger partial charge in [-0.25, -0.2) is 0 Å². The average molecular weight is 655 g/mol. The number of hydrogen-bond acceptors (Lipinski definition) is 6. The molecule has 6 rings (SSSR count). The van der Waals surface area contributed by atoms with Crippen molar-refractivity contribution in [3.8, 4) is 12.3 Å². The van der Waals surface area contributed by atoms with Gasteiger partial charge in [0.05, 0.1) is 33.0 Å². The molecule has 0 heterocycles. The Hall–Kier alpha value is -4.58. The Labute approximate surface area is 289 Å². The van der Waals surface area contributed by atoms with Crippen LogP contribution in [0.3, 0.4) is 0 Å². The first-order valence-electron chi connectivity index (χ1n) is 16.6. The van der Waals surface area contributed by atoms with Crippen LogP contribution in [0.4, 0.5) is 0 Å². The summed E-state index contributed by atoms with van der Waals surface area (Å²) in [5.41, 5.74) is 2.79. The lowest BCUT2D eigenvalue weighted by Crippen LogP contribution is -2.72. The van der Waals surface area contributed by atoms with E-state index in [4.69, 9.17) is 30.1 Å². The van der Waals surface area contributed by atoms with E-state index in [9.17, 15) is 5.11 Å². The molecule has 0 aliphatic heterocycles. The minimum atomic E-state index is -1.96. The van der Waals surface area contributed by atoms with Crippen LogP contribution in [0.1, 0.15) is 27.8 Å². The highest BCUT2D eigenvalue weighted by molar-refractivity contribution is 5.26. The second-order valence-corrected chi connectivity index (χ2v) is 12.2. The molecule has 0 aromatic heterocycles. The predicted molar refractivity (Wildman–Crippen MR) is 189 cm³/mol. The molecule has 5 aromatic carbocycles. The molecule has 1 N–H and O–H groups in total. The van der Waals surface area contributed by atoms with Crippen LogP contribution in [0.2, 0.25) is 0 Å². The lowest BCUT2D eigenvalue weighted by atomic mass is 9.74. The molecule has 6 atom stereocenters. The van der Waals surface area contributed by atoms with Gasteiger partial charge in [-0.2, -0.15) is 0 Å². The molecular weight excluding hydrogens is 612 g/mol. The summed E-state index contributed by atoms with van der Waals surface area (Å²) in [7, 11) is 0. The fraction of sp³-hybridized carbons (Fsp3) is 0.256. The van der Waals surface area contributed by atoms with E-state index in [0.717, 1.165) is 27.8 Å². The van der Waals surface area contributed by atoms with Crippen molar-refractivity contribution in [3.05, 3.63) is 179 Å². The molecule has 1 saturated carbocycles. The fourth-order valence-corrected chi connectivity index (χ4v) is 6.18. The molecular formula is C43H42O6. The van der Waals surface area contributed by atoms with Gasteiger partial charge in [-0.15, -0.1) is 6.42 Å². The lowest BCUT2D eigenvalue weighted by Gasteiger charge is -2.52. The van der Waals surface area contributed by atoms with Crippen LogP contribution in [0.25, 0.3) is 0 Å². The van der Waals surface area contributed by atoms with Gasteiger partial charge < -0.3 is 28.8 Å². The van der Waals surface area contributed by atoms with E-state index in [1.807, 2.05) is 152 Å². The maximum absolute atomic E-state index is 12.7. The molecule has 6 heteroatoms. The van der Waals surface area contributed by atoms with Gasteiger partial charge in [0.1, 0.15) is 30.5 Å². The Morgan fingerprint density at radius 2 is 0.653 bits per heavy atom. The van der Waals surface area contributed by atoms with Crippen LogP contribution in [-0.2, 0) is 56.7 Å². The molecule has 0 radical (unpaired) electrons. The first-order valence-corrected chi connectivity index (χ1v) is 16.6. The third-order valence-electron chi connectivity index (χ3n) is 8.74. The summed E-state index contributed by atoms with van der Waals surface area (Å²) in [5, 5.41) is 12.7. The van der Waals surface area contributed by atoms with Crippen LogP contribution >= 0.6 is 0 Å². The smallest absolute Gasteiger partial charge is 0.182 e. The van der Waals surface area contributed by atoms with E-state index in [2.05, 4.69) is 5.92 Å². The molecule has 0 saturated heterocycles. The first-order chi connectivity index (χ1) is 24.1.